The third-order valence-electron chi connectivity index (χ3n) is 4.14. The van der Waals surface area contributed by atoms with Gasteiger partial charge in [0.05, 0.1) is 11.2 Å². The van der Waals surface area contributed by atoms with Crippen molar-refractivity contribution in [3.8, 4) is 0 Å². The molecule has 28 heavy (non-hydrogen) atoms. The van der Waals surface area contributed by atoms with Gasteiger partial charge in [0, 0.05) is 30.6 Å². The van der Waals surface area contributed by atoms with Crippen LogP contribution in [0.5, 0.6) is 0 Å². The first-order valence-electron chi connectivity index (χ1n) is 8.35. The lowest BCUT2D eigenvalue weighted by Gasteiger charge is -2.19. The molecule has 0 aliphatic carbocycles. The van der Waals surface area contributed by atoms with E-state index in [1.165, 1.54) is 18.2 Å². The first kappa shape index (κ1) is 19.6. The number of aromatic nitrogens is 2. The molecule has 0 saturated heterocycles. The quantitative estimate of drug-likeness (QED) is 0.671. The monoisotopic (exact) mass is 397 g/mol. The van der Waals surface area contributed by atoms with Crippen LogP contribution in [-0.2, 0) is 19.1 Å². The van der Waals surface area contributed by atoms with Crippen LogP contribution in [-0.4, -0.2) is 22.2 Å². The molecule has 2 heterocycles. The lowest BCUT2D eigenvalue weighted by Crippen LogP contribution is -2.30. The van der Waals surface area contributed by atoms with E-state index in [4.69, 9.17) is 4.52 Å². The van der Waals surface area contributed by atoms with E-state index in [1.807, 2.05) is 6.92 Å². The van der Waals surface area contributed by atoms with E-state index in [0.717, 1.165) is 6.07 Å². The number of hydrogen-bond acceptors (Lipinski definition) is 4. The molecule has 0 aliphatic rings. The van der Waals surface area contributed by atoms with Crippen LogP contribution < -0.4 is 10.7 Å². The summed E-state index contributed by atoms with van der Waals surface area (Å²) >= 11 is 0. The molecule has 10 heteroatoms. The molecule has 1 N–H and O–H groups in total. The summed E-state index contributed by atoms with van der Waals surface area (Å²) in [4.78, 5) is 24.0. The van der Waals surface area contributed by atoms with Gasteiger partial charge < -0.3 is 14.4 Å². The van der Waals surface area contributed by atoms with E-state index >= 15 is 0 Å². The number of benzene rings is 1. The molecule has 0 atom stereocenters. The number of aryl methyl sites for hydroxylation is 1. The molecule has 3 rings (SSSR count). The second-order valence-electron chi connectivity index (χ2n) is 5.97. The number of carbonyl (C=O) groups excluding carboxylic acids is 1. The summed E-state index contributed by atoms with van der Waals surface area (Å²) in [7, 11) is 0. The summed E-state index contributed by atoms with van der Waals surface area (Å²) in [5.41, 5.74) is -2.14. The Kier molecular flexibility index (Phi) is 5.21. The average molecular weight is 397 g/mol. The highest BCUT2D eigenvalue weighted by Gasteiger charge is 2.35. The molecule has 2 aromatic heterocycles. The molecule has 1 aromatic carbocycles. The van der Waals surface area contributed by atoms with Gasteiger partial charge in [-0.3, -0.25) is 9.59 Å². The van der Waals surface area contributed by atoms with Crippen LogP contribution in [0, 0.1) is 5.82 Å². The maximum atomic E-state index is 14.2. The van der Waals surface area contributed by atoms with Gasteiger partial charge in [0.2, 0.25) is 5.76 Å². The normalized spacial score (nSPS) is 11.8. The molecule has 1 amide bonds. The van der Waals surface area contributed by atoms with Crippen LogP contribution in [0.25, 0.3) is 10.9 Å². The van der Waals surface area contributed by atoms with E-state index in [2.05, 4.69) is 10.5 Å². The van der Waals surface area contributed by atoms with Crippen molar-refractivity contribution >= 4 is 16.8 Å². The number of pyridine rings is 1. The Morgan fingerprint density at radius 3 is 2.68 bits per heavy atom. The minimum Gasteiger partial charge on any atom is -0.351 e. The van der Waals surface area contributed by atoms with Crippen LogP contribution in [0.1, 0.15) is 28.9 Å². The zero-order chi connectivity index (χ0) is 20.5. The van der Waals surface area contributed by atoms with Gasteiger partial charge in [-0.15, -0.1) is 0 Å². The average Bonchev–Trinajstić information content (AvgIpc) is 3.12. The molecule has 0 saturated carbocycles. The number of amides is 1. The first-order valence-corrected chi connectivity index (χ1v) is 8.35. The third-order valence-corrected chi connectivity index (χ3v) is 4.14. The number of hydrogen-bond donors (Lipinski definition) is 1. The molecule has 0 unspecified atom stereocenters. The molecule has 3 aromatic rings. The molecular formula is C18H15F4N3O3. The van der Waals surface area contributed by atoms with Gasteiger partial charge >= 0.3 is 6.18 Å². The molecule has 6 nitrogen and oxygen atoms in total. The van der Waals surface area contributed by atoms with Crippen molar-refractivity contribution in [3.63, 3.8) is 0 Å². The summed E-state index contributed by atoms with van der Waals surface area (Å²) in [5, 5.41) is 5.88. The number of para-hydroxylation sites is 1. The summed E-state index contributed by atoms with van der Waals surface area (Å²) in [5.74, 6) is -1.70. The zero-order valence-corrected chi connectivity index (χ0v) is 14.6. The number of halogens is 4. The van der Waals surface area contributed by atoms with Crippen LogP contribution in [0.3, 0.4) is 0 Å². The molecule has 0 fully saturated rings. The first-order chi connectivity index (χ1) is 13.2. The number of alkyl halides is 3. The van der Waals surface area contributed by atoms with Crippen molar-refractivity contribution in [1.82, 2.24) is 15.0 Å². The molecule has 0 spiro atoms. The van der Waals surface area contributed by atoms with Crippen molar-refractivity contribution in [3.05, 3.63) is 63.5 Å². The zero-order valence-electron chi connectivity index (χ0n) is 14.6. The van der Waals surface area contributed by atoms with Crippen LogP contribution in [0.15, 0.2) is 39.6 Å². The van der Waals surface area contributed by atoms with Crippen molar-refractivity contribution in [2.45, 2.75) is 26.1 Å². The van der Waals surface area contributed by atoms with E-state index in [0.29, 0.717) is 22.7 Å². The smallest absolute Gasteiger partial charge is 0.351 e. The third kappa shape index (κ3) is 3.75. The van der Waals surface area contributed by atoms with Gasteiger partial charge in [-0.1, -0.05) is 18.1 Å². The molecule has 0 bridgehead atoms. The van der Waals surface area contributed by atoms with E-state index < -0.39 is 41.1 Å². The molecular weight excluding hydrogens is 382 g/mol. The lowest BCUT2D eigenvalue weighted by atomic mass is 10.1. The Morgan fingerprint density at radius 1 is 1.29 bits per heavy atom. The van der Waals surface area contributed by atoms with Gasteiger partial charge in [-0.05, 0) is 18.6 Å². The highest BCUT2D eigenvalue weighted by Crippen LogP contribution is 2.31. The Hall–Kier alpha value is -3.17. The van der Waals surface area contributed by atoms with E-state index in [9.17, 15) is 27.2 Å². The Bertz CT molecular complexity index is 1090. The summed E-state index contributed by atoms with van der Waals surface area (Å²) < 4.78 is 59.9. The fourth-order valence-corrected chi connectivity index (χ4v) is 2.81. The van der Waals surface area contributed by atoms with E-state index in [1.54, 1.807) is 0 Å². The predicted molar refractivity (Wildman–Crippen MR) is 91.4 cm³/mol. The van der Waals surface area contributed by atoms with Crippen LogP contribution in [0.4, 0.5) is 17.6 Å². The summed E-state index contributed by atoms with van der Waals surface area (Å²) in [6.45, 7) is 1.15. The van der Waals surface area contributed by atoms with Crippen LogP contribution in [0.2, 0.25) is 0 Å². The topological polar surface area (TPSA) is 77.1 Å². The van der Waals surface area contributed by atoms with Crippen LogP contribution >= 0.6 is 0 Å². The minimum absolute atomic E-state index is 0.0798. The maximum Gasteiger partial charge on any atom is 0.431 e. The number of fused-ring (bicyclic) bond motifs is 1. The maximum absolute atomic E-state index is 14.2. The summed E-state index contributed by atoms with van der Waals surface area (Å²) in [6, 6.07) is 5.31. The van der Waals surface area contributed by atoms with Gasteiger partial charge in [0.25, 0.3) is 5.91 Å². The highest BCUT2D eigenvalue weighted by atomic mass is 19.4. The SMILES string of the molecule is CCc1cc(C(=O)NCCn2c(C(F)(F)F)cc(=O)c3cccc(F)c32)on1. The van der Waals surface area contributed by atoms with Gasteiger partial charge in [-0.25, -0.2) is 4.39 Å². The van der Waals surface area contributed by atoms with Gasteiger partial charge in [0.1, 0.15) is 11.5 Å². The van der Waals surface area contributed by atoms with Crippen molar-refractivity contribution in [2.24, 2.45) is 0 Å². The largest absolute Gasteiger partial charge is 0.431 e. The lowest BCUT2D eigenvalue weighted by molar-refractivity contribution is -0.143. The summed E-state index contributed by atoms with van der Waals surface area (Å²) in [6.07, 6.45) is -4.32. The molecule has 0 aliphatic heterocycles. The highest BCUT2D eigenvalue weighted by molar-refractivity contribution is 5.91. The van der Waals surface area contributed by atoms with Gasteiger partial charge in [-0.2, -0.15) is 13.2 Å². The Balaban J connectivity index is 1.92. The predicted octanol–water partition coefficient (Wildman–Crippen LogP) is 3.14. The number of rotatable bonds is 5. The van der Waals surface area contributed by atoms with Crippen molar-refractivity contribution in [1.29, 1.82) is 0 Å². The number of nitrogens with zero attached hydrogens (tertiary/aromatic N) is 2. The van der Waals surface area contributed by atoms with Gasteiger partial charge in [0.15, 0.2) is 5.43 Å². The fraction of sp³-hybridized carbons (Fsp3) is 0.278. The minimum atomic E-state index is -4.87. The second kappa shape index (κ2) is 7.45. The standard InChI is InChI=1S/C18H15F4N3O3/c1-2-10-8-14(28-24-10)17(27)23-6-7-25-15(18(20,21)22)9-13(26)11-4-3-5-12(19)16(11)25/h3-5,8-9H,2,6-7H2,1H3,(H,23,27). The fourth-order valence-electron chi connectivity index (χ4n) is 2.81. The molecule has 148 valence electrons. The number of carbonyl (C=O) groups is 1. The van der Waals surface area contributed by atoms with Crippen molar-refractivity contribution < 1.29 is 26.9 Å². The number of nitrogens with one attached hydrogen (secondary N) is 1. The second-order valence-corrected chi connectivity index (χ2v) is 5.97. The van der Waals surface area contributed by atoms with Crippen molar-refractivity contribution in [2.75, 3.05) is 6.54 Å². The Labute approximate surface area is 155 Å². The molecule has 0 radical (unpaired) electrons. The Morgan fingerprint density at radius 2 is 2.04 bits per heavy atom. The van der Waals surface area contributed by atoms with E-state index in [-0.39, 0.29) is 17.7 Å².